The van der Waals surface area contributed by atoms with Crippen molar-refractivity contribution in [1.82, 2.24) is 5.32 Å². The van der Waals surface area contributed by atoms with Crippen LogP contribution < -0.4 is 10.6 Å². The van der Waals surface area contributed by atoms with Crippen molar-refractivity contribution < 1.29 is 14.7 Å². The number of anilines is 1. The van der Waals surface area contributed by atoms with Crippen molar-refractivity contribution in [1.29, 1.82) is 0 Å². The van der Waals surface area contributed by atoms with Crippen LogP contribution in [0.5, 0.6) is 0 Å². The van der Waals surface area contributed by atoms with Gasteiger partial charge in [0.15, 0.2) is 0 Å². The molecule has 1 aromatic rings. The molecule has 0 aliphatic rings. The van der Waals surface area contributed by atoms with E-state index >= 15 is 0 Å². The second kappa shape index (κ2) is 7.81. The number of carbonyl (C=O) groups excluding carboxylic acids is 2. The van der Waals surface area contributed by atoms with E-state index in [1.54, 1.807) is 12.1 Å². The Morgan fingerprint density at radius 3 is 2.58 bits per heavy atom. The summed E-state index contributed by atoms with van der Waals surface area (Å²) in [5.41, 5.74) is 0.604. The molecule has 0 unspecified atom stereocenters. The third-order valence-electron chi connectivity index (χ3n) is 2.61. The van der Waals surface area contributed by atoms with Crippen LogP contribution in [-0.2, 0) is 9.59 Å². The molecular formula is C13H18N2O3S. The maximum absolute atomic E-state index is 11.7. The molecule has 0 heterocycles. The van der Waals surface area contributed by atoms with Gasteiger partial charge in [0.25, 0.3) is 0 Å². The summed E-state index contributed by atoms with van der Waals surface area (Å²) < 4.78 is 0. The van der Waals surface area contributed by atoms with Crippen molar-refractivity contribution in [2.24, 2.45) is 0 Å². The molecule has 0 aromatic heterocycles. The molecule has 3 N–H and O–H groups in total. The zero-order chi connectivity index (χ0) is 14.3. The minimum absolute atomic E-state index is 0.184. The van der Waals surface area contributed by atoms with Gasteiger partial charge in [-0.1, -0.05) is 19.1 Å². The maximum atomic E-state index is 11.7. The fourth-order valence-electron chi connectivity index (χ4n) is 1.45. The highest BCUT2D eigenvalue weighted by molar-refractivity contribution is 7.98. The van der Waals surface area contributed by atoms with Crippen LogP contribution in [0.3, 0.4) is 0 Å². The molecular weight excluding hydrogens is 264 g/mol. The summed E-state index contributed by atoms with van der Waals surface area (Å²) in [6.45, 7) is 1.64. The molecule has 104 valence electrons. The smallest absolute Gasteiger partial charge is 0.313 e. The summed E-state index contributed by atoms with van der Waals surface area (Å²) in [5.74, 6) is -1.47. The van der Waals surface area contributed by atoms with Gasteiger partial charge in [0.1, 0.15) is 0 Å². The fraction of sp³-hybridized carbons (Fsp3) is 0.385. The van der Waals surface area contributed by atoms with Gasteiger partial charge in [0.2, 0.25) is 0 Å². The number of carbonyl (C=O) groups is 2. The molecule has 1 atom stereocenters. The number of rotatable bonds is 5. The second-order valence-electron chi connectivity index (χ2n) is 3.92. The van der Waals surface area contributed by atoms with Crippen molar-refractivity contribution in [3.8, 4) is 0 Å². The Morgan fingerprint density at radius 2 is 2.00 bits per heavy atom. The van der Waals surface area contributed by atoms with Crippen LogP contribution >= 0.6 is 11.8 Å². The quantitative estimate of drug-likeness (QED) is 0.561. The summed E-state index contributed by atoms with van der Waals surface area (Å²) in [7, 11) is 0. The van der Waals surface area contributed by atoms with Crippen LogP contribution in [0.1, 0.15) is 13.3 Å². The molecule has 0 bridgehead atoms. The van der Waals surface area contributed by atoms with E-state index in [1.807, 2.05) is 25.3 Å². The highest BCUT2D eigenvalue weighted by atomic mass is 32.2. The first kappa shape index (κ1) is 15.5. The maximum Gasteiger partial charge on any atom is 0.313 e. The fourth-order valence-corrected chi connectivity index (χ4v) is 2.01. The number of hydrogen-bond acceptors (Lipinski definition) is 4. The first-order chi connectivity index (χ1) is 9.12. The van der Waals surface area contributed by atoms with Gasteiger partial charge in [-0.15, -0.1) is 11.8 Å². The van der Waals surface area contributed by atoms with E-state index in [0.29, 0.717) is 12.1 Å². The summed E-state index contributed by atoms with van der Waals surface area (Å²) in [5, 5.41) is 14.0. The van der Waals surface area contributed by atoms with E-state index in [0.717, 1.165) is 4.90 Å². The molecule has 5 nitrogen and oxygen atoms in total. The number of aliphatic hydroxyl groups is 1. The molecule has 6 heteroatoms. The molecule has 1 rings (SSSR count). The lowest BCUT2D eigenvalue weighted by molar-refractivity contribution is -0.136. The minimum Gasteiger partial charge on any atom is -0.394 e. The molecule has 1 aromatic carbocycles. The van der Waals surface area contributed by atoms with E-state index in [-0.39, 0.29) is 6.61 Å². The van der Waals surface area contributed by atoms with E-state index < -0.39 is 17.9 Å². The van der Waals surface area contributed by atoms with E-state index in [9.17, 15) is 9.59 Å². The van der Waals surface area contributed by atoms with Crippen molar-refractivity contribution >= 4 is 29.3 Å². The Balaban J connectivity index is 2.66. The lowest BCUT2D eigenvalue weighted by Crippen LogP contribution is -2.43. The molecule has 0 saturated heterocycles. The van der Waals surface area contributed by atoms with E-state index in [1.165, 1.54) is 11.8 Å². The van der Waals surface area contributed by atoms with Crippen LogP contribution in [0.15, 0.2) is 29.2 Å². The van der Waals surface area contributed by atoms with Gasteiger partial charge in [-0.05, 0) is 24.8 Å². The summed E-state index contributed by atoms with van der Waals surface area (Å²) in [4.78, 5) is 24.3. The van der Waals surface area contributed by atoms with Gasteiger partial charge in [0, 0.05) is 4.90 Å². The highest BCUT2D eigenvalue weighted by Crippen LogP contribution is 2.24. The standard InChI is InChI=1S/C13H18N2O3S/c1-3-9(8-16)14-12(17)13(18)15-10-6-4-5-7-11(10)19-2/h4-7,9,16H,3,8H2,1-2H3,(H,14,17)(H,15,18)/t9-/m0/s1. The normalized spacial score (nSPS) is 11.7. The van der Waals surface area contributed by atoms with Gasteiger partial charge in [-0.25, -0.2) is 0 Å². The Bertz CT molecular complexity index is 447. The zero-order valence-corrected chi connectivity index (χ0v) is 11.8. The monoisotopic (exact) mass is 282 g/mol. The van der Waals surface area contributed by atoms with Crippen molar-refractivity contribution in [2.45, 2.75) is 24.3 Å². The predicted molar refractivity (Wildman–Crippen MR) is 76.2 cm³/mol. The second-order valence-corrected chi connectivity index (χ2v) is 4.76. The Labute approximate surface area is 116 Å². The number of aliphatic hydroxyl groups excluding tert-OH is 1. The Morgan fingerprint density at radius 1 is 1.32 bits per heavy atom. The predicted octanol–water partition coefficient (Wildman–Crippen LogP) is 1.23. The van der Waals surface area contributed by atoms with Crippen molar-refractivity contribution in [3.05, 3.63) is 24.3 Å². The summed E-state index contributed by atoms with van der Waals surface area (Å²) in [6.07, 6.45) is 2.46. The van der Waals surface area contributed by atoms with E-state index in [4.69, 9.17) is 5.11 Å². The third-order valence-corrected chi connectivity index (χ3v) is 3.41. The van der Waals surface area contributed by atoms with Gasteiger partial charge in [0.05, 0.1) is 18.3 Å². The number of hydrogen-bond donors (Lipinski definition) is 3. The number of benzene rings is 1. The molecule has 0 aliphatic carbocycles. The lowest BCUT2D eigenvalue weighted by atomic mass is 10.2. The largest absolute Gasteiger partial charge is 0.394 e. The Hall–Kier alpha value is -1.53. The number of thioether (sulfide) groups is 1. The van der Waals surface area contributed by atoms with Crippen LogP contribution in [0.25, 0.3) is 0 Å². The average molecular weight is 282 g/mol. The van der Waals surface area contributed by atoms with Gasteiger partial charge in [-0.2, -0.15) is 0 Å². The molecule has 0 fully saturated rings. The molecule has 0 saturated carbocycles. The molecule has 2 amide bonds. The number of nitrogens with one attached hydrogen (secondary N) is 2. The topological polar surface area (TPSA) is 78.4 Å². The van der Waals surface area contributed by atoms with Crippen LogP contribution in [0.4, 0.5) is 5.69 Å². The van der Waals surface area contributed by atoms with Gasteiger partial charge < -0.3 is 15.7 Å². The van der Waals surface area contributed by atoms with Gasteiger partial charge in [-0.3, -0.25) is 9.59 Å². The molecule has 0 aliphatic heterocycles. The highest BCUT2D eigenvalue weighted by Gasteiger charge is 2.18. The summed E-state index contributed by atoms with van der Waals surface area (Å²) in [6, 6.07) is 6.85. The van der Waals surface area contributed by atoms with Gasteiger partial charge >= 0.3 is 11.8 Å². The minimum atomic E-state index is -0.739. The molecule has 0 radical (unpaired) electrons. The SMILES string of the molecule is CC[C@@H](CO)NC(=O)C(=O)Nc1ccccc1SC. The van der Waals surface area contributed by atoms with E-state index in [2.05, 4.69) is 10.6 Å². The molecule has 19 heavy (non-hydrogen) atoms. The van der Waals surface area contributed by atoms with Crippen molar-refractivity contribution in [2.75, 3.05) is 18.2 Å². The van der Waals surface area contributed by atoms with Crippen LogP contribution in [0.2, 0.25) is 0 Å². The first-order valence-corrected chi connectivity index (χ1v) is 7.20. The van der Waals surface area contributed by atoms with Crippen molar-refractivity contribution in [3.63, 3.8) is 0 Å². The average Bonchev–Trinajstić information content (AvgIpc) is 2.44. The zero-order valence-electron chi connectivity index (χ0n) is 11.0. The molecule has 0 spiro atoms. The number of para-hydroxylation sites is 1. The first-order valence-electron chi connectivity index (χ1n) is 5.98. The van der Waals surface area contributed by atoms with Crippen LogP contribution in [0, 0.1) is 0 Å². The summed E-state index contributed by atoms with van der Waals surface area (Å²) >= 11 is 1.49. The number of amides is 2. The Kier molecular flexibility index (Phi) is 6.38. The third kappa shape index (κ3) is 4.57. The lowest BCUT2D eigenvalue weighted by Gasteiger charge is -2.14. The van der Waals surface area contributed by atoms with Crippen LogP contribution in [-0.4, -0.2) is 35.8 Å².